The van der Waals surface area contributed by atoms with Crippen molar-refractivity contribution in [3.63, 3.8) is 0 Å². The summed E-state index contributed by atoms with van der Waals surface area (Å²) >= 11 is 1.55. The zero-order valence-corrected chi connectivity index (χ0v) is 9.08. The molecule has 0 atom stereocenters. The van der Waals surface area contributed by atoms with E-state index in [1.807, 2.05) is 16.8 Å². The number of nitrogens with one attached hydrogen (secondary N) is 1. The fourth-order valence-corrected chi connectivity index (χ4v) is 1.65. The molecule has 0 saturated carbocycles. The van der Waals surface area contributed by atoms with Crippen molar-refractivity contribution in [2.75, 3.05) is 13.6 Å². The minimum absolute atomic E-state index is 0.296. The molecule has 5 nitrogen and oxygen atoms in total. The summed E-state index contributed by atoms with van der Waals surface area (Å²) in [7, 11) is 1.44. The van der Waals surface area contributed by atoms with E-state index < -0.39 is 5.97 Å². The molecule has 1 rings (SSSR count). The number of carboxylic acid groups (broad SMARTS) is 1. The monoisotopic (exact) mass is 228 g/mol. The largest absolute Gasteiger partial charge is 0.480 e. The summed E-state index contributed by atoms with van der Waals surface area (Å²) in [6.45, 7) is 0.127. The van der Waals surface area contributed by atoms with E-state index in [2.05, 4.69) is 5.32 Å². The molecule has 0 bridgehead atoms. The average Bonchev–Trinajstić information content (AvgIpc) is 2.65. The van der Waals surface area contributed by atoms with Crippen LogP contribution in [0.1, 0.15) is 5.56 Å². The van der Waals surface area contributed by atoms with Crippen molar-refractivity contribution in [3.8, 4) is 0 Å². The molecule has 0 unspecified atom stereocenters. The first-order chi connectivity index (χ1) is 7.09. The van der Waals surface area contributed by atoms with Crippen LogP contribution in [0.3, 0.4) is 0 Å². The van der Waals surface area contributed by atoms with Gasteiger partial charge in [-0.25, -0.2) is 4.79 Å². The van der Waals surface area contributed by atoms with E-state index in [0.29, 0.717) is 6.54 Å². The maximum Gasteiger partial charge on any atom is 0.323 e. The summed E-state index contributed by atoms with van der Waals surface area (Å²) in [5.41, 5.74) is 1.01. The number of rotatable bonds is 4. The lowest BCUT2D eigenvalue weighted by molar-refractivity contribution is -0.137. The minimum atomic E-state index is -1.02. The van der Waals surface area contributed by atoms with Crippen molar-refractivity contribution in [3.05, 3.63) is 22.4 Å². The Labute approximate surface area is 91.3 Å². The highest BCUT2D eigenvalue weighted by atomic mass is 32.1. The zero-order valence-electron chi connectivity index (χ0n) is 8.27. The highest BCUT2D eigenvalue weighted by Gasteiger charge is 2.10. The molecule has 0 spiro atoms. The van der Waals surface area contributed by atoms with E-state index >= 15 is 0 Å². The Morgan fingerprint density at radius 1 is 1.60 bits per heavy atom. The third-order valence-electron chi connectivity index (χ3n) is 1.74. The van der Waals surface area contributed by atoms with Crippen LogP contribution in [-0.4, -0.2) is 35.6 Å². The van der Waals surface area contributed by atoms with Gasteiger partial charge in [-0.05, 0) is 22.4 Å². The highest BCUT2D eigenvalue weighted by Crippen LogP contribution is 2.04. The molecule has 0 saturated heterocycles. The predicted molar refractivity (Wildman–Crippen MR) is 56.8 cm³/mol. The second-order valence-electron chi connectivity index (χ2n) is 3.04. The van der Waals surface area contributed by atoms with Crippen LogP contribution >= 0.6 is 11.3 Å². The van der Waals surface area contributed by atoms with Crippen molar-refractivity contribution in [1.29, 1.82) is 0 Å². The number of carbonyl (C=O) groups excluding carboxylic acids is 1. The number of carbonyl (C=O) groups is 2. The van der Waals surface area contributed by atoms with Crippen molar-refractivity contribution in [2.24, 2.45) is 0 Å². The Morgan fingerprint density at radius 3 is 2.87 bits per heavy atom. The molecule has 2 amide bonds. The molecule has 6 heteroatoms. The van der Waals surface area contributed by atoms with Gasteiger partial charge in [0.25, 0.3) is 0 Å². The van der Waals surface area contributed by atoms with Crippen LogP contribution in [0.5, 0.6) is 0 Å². The van der Waals surface area contributed by atoms with Gasteiger partial charge in [0.05, 0.1) is 0 Å². The first-order valence-electron chi connectivity index (χ1n) is 4.31. The van der Waals surface area contributed by atoms with Crippen molar-refractivity contribution in [1.82, 2.24) is 10.2 Å². The minimum Gasteiger partial charge on any atom is -0.480 e. The molecule has 1 aromatic heterocycles. The van der Waals surface area contributed by atoms with Crippen LogP contribution in [0.15, 0.2) is 16.8 Å². The standard InChI is InChI=1S/C9H12N2O3S/c1-11(5-8(12)13)9(14)10-4-7-2-3-15-6-7/h2-3,6H,4-5H2,1H3,(H,10,14)(H,12,13). The van der Waals surface area contributed by atoms with Crippen LogP contribution in [0.25, 0.3) is 0 Å². The molecule has 2 N–H and O–H groups in total. The Kier molecular flexibility index (Phi) is 4.11. The van der Waals surface area contributed by atoms with Crippen LogP contribution in [0.2, 0.25) is 0 Å². The second kappa shape index (κ2) is 5.35. The van der Waals surface area contributed by atoms with Gasteiger partial charge in [0.1, 0.15) is 6.54 Å². The summed E-state index contributed by atoms with van der Waals surface area (Å²) in [5, 5.41) is 14.9. The molecule has 15 heavy (non-hydrogen) atoms. The molecule has 0 radical (unpaired) electrons. The van der Waals surface area contributed by atoms with Gasteiger partial charge < -0.3 is 15.3 Å². The summed E-state index contributed by atoms with van der Waals surface area (Å²) < 4.78 is 0. The average molecular weight is 228 g/mol. The Balaban J connectivity index is 2.32. The third kappa shape index (κ3) is 3.99. The molecule has 1 aromatic rings. The predicted octanol–water partition coefficient (Wildman–Crippen LogP) is 0.974. The van der Waals surface area contributed by atoms with Gasteiger partial charge in [0.15, 0.2) is 0 Å². The fourth-order valence-electron chi connectivity index (χ4n) is 0.981. The Morgan fingerprint density at radius 2 is 2.33 bits per heavy atom. The van der Waals surface area contributed by atoms with Gasteiger partial charge >= 0.3 is 12.0 Å². The number of amides is 2. The van der Waals surface area contributed by atoms with Gasteiger partial charge in [0.2, 0.25) is 0 Å². The lowest BCUT2D eigenvalue weighted by atomic mass is 10.3. The fraction of sp³-hybridized carbons (Fsp3) is 0.333. The molecule has 82 valence electrons. The molecule has 0 aliphatic rings. The normalized spacial score (nSPS) is 9.67. The maximum atomic E-state index is 11.3. The van der Waals surface area contributed by atoms with Crippen LogP contribution in [0.4, 0.5) is 4.79 Å². The smallest absolute Gasteiger partial charge is 0.323 e. The summed E-state index contributed by atoms with van der Waals surface area (Å²) in [4.78, 5) is 22.8. The van der Waals surface area contributed by atoms with Crippen molar-refractivity contribution >= 4 is 23.3 Å². The van der Waals surface area contributed by atoms with Gasteiger partial charge in [-0.1, -0.05) is 0 Å². The first kappa shape index (κ1) is 11.5. The van der Waals surface area contributed by atoms with E-state index in [4.69, 9.17) is 5.11 Å². The van der Waals surface area contributed by atoms with E-state index in [9.17, 15) is 9.59 Å². The lowest BCUT2D eigenvalue weighted by Crippen LogP contribution is -2.39. The molecule has 0 aromatic carbocycles. The molecule has 0 fully saturated rings. The number of hydrogen-bond acceptors (Lipinski definition) is 3. The zero-order chi connectivity index (χ0) is 11.3. The number of carboxylic acids is 1. The number of likely N-dealkylation sites (N-methyl/N-ethyl adjacent to an activating group) is 1. The van der Waals surface area contributed by atoms with Gasteiger partial charge in [-0.3, -0.25) is 4.79 Å². The number of thiophene rings is 1. The Bertz CT molecular complexity index is 337. The lowest BCUT2D eigenvalue weighted by Gasteiger charge is -2.14. The molecular formula is C9H12N2O3S. The van der Waals surface area contributed by atoms with Gasteiger partial charge in [-0.15, -0.1) is 0 Å². The number of hydrogen-bond donors (Lipinski definition) is 2. The van der Waals surface area contributed by atoms with Crippen molar-refractivity contribution in [2.45, 2.75) is 6.54 Å². The highest BCUT2D eigenvalue weighted by molar-refractivity contribution is 7.07. The summed E-state index contributed by atoms with van der Waals surface area (Å²) in [6.07, 6.45) is 0. The first-order valence-corrected chi connectivity index (χ1v) is 5.25. The molecule has 0 aliphatic carbocycles. The second-order valence-corrected chi connectivity index (χ2v) is 3.82. The third-order valence-corrected chi connectivity index (χ3v) is 2.48. The van der Waals surface area contributed by atoms with E-state index in [1.54, 1.807) is 11.3 Å². The SMILES string of the molecule is CN(CC(=O)O)C(=O)NCc1ccsc1. The van der Waals surface area contributed by atoms with Crippen LogP contribution < -0.4 is 5.32 Å². The number of urea groups is 1. The molecule has 1 heterocycles. The van der Waals surface area contributed by atoms with E-state index in [0.717, 1.165) is 10.5 Å². The molecular weight excluding hydrogens is 216 g/mol. The quantitative estimate of drug-likeness (QED) is 0.807. The number of nitrogens with zero attached hydrogens (tertiary/aromatic N) is 1. The van der Waals surface area contributed by atoms with Crippen LogP contribution in [-0.2, 0) is 11.3 Å². The maximum absolute atomic E-state index is 11.3. The van der Waals surface area contributed by atoms with E-state index in [-0.39, 0.29) is 12.6 Å². The summed E-state index contributed by atoms with van der Waals surface area (Å²) in [6, 6.07) is 1.52. The van der Waals surface area contributed by atoms with Crippen LogP contribution in [0, 0.1) is 0 Å². The van der Waals surface area contributed by atoms with E-state index in [1.165, 1.54) is 7.05 Å². The number of aliphatic carboxylic acids is 1. The summed E-state index contributed by atoms with van der Waals surface area (Å²) in [5.74, 6) is -1.02. The molecule has 0 aliphatic heterocycles. The topological polar surface area (TPSA) is 69.6 Å². The van der Waals surface area contributed by atoms with Crippen molar-refractivity contribution < 1.29 is 14.7 Å². The van der Waals surface area contributed by atoms with Gasteiger partial charge in [0, 0.05) is 13.6 Å². The van der Waals surface area contributed by atoms with Gasteiger partial charge in [-0.2, -0.15) is 11.3 Å². The Hall–Kier alpha value is -1.56.